The summed E-state index contributed by atoms with van der Waals surface area (Å²) in [6, 6.07) is 0. The Labute approximate surface area is 125 Å². The molecule has 1 unspecified atom stereocenters. The molecule has 0 aliphatic rings. The van der Waals surface area contributed by atoms with E-state index in [4.69, 9.17) is 4.74 Å². The number of carbonyl (C=O) groups is 1. The van der Waals surface area contributed by atoms with Gasteiger partial charge in [-0.25, -0.2) is 0 Å². The van der Waals surface area contributed by atoms with E-state index in [2.05, 4.69) is 53.8 Å². The first-order valence-electron chi connectivity index (χ1n) is 7.99. The van der Waals surface area contributed by atoms with Crippen LogP contribution < -0.4 is 5.32 Å². The molecule has 3 nitrogen and oxygen atoms in total. The van der Waals surface area contributed by atoms with E-state index in [1.54, 1.807) is 0 Å². The second-order valence-electron chi connectivity index (χ2n) is 7.61. The van der Waals surface area contributed by atoms with Crippen LogP contribution >= 0.6 is 0 Å². The summed E-state index contributed by atoms with van der Waals surface area (Å²) in [5.41, 5.74) is 0.165. The highest BCUT2D eigenvalue weighted by Gasteiger charge is 2.36. The third-order valence-electron chi connectivity index (χ3n) is 3.98. The normalized spacial score (nSPS) is 14.2. The maximum atomic E-state index is 12.5. The van der Waals surface area contributed by atoms with E-state index in [0.717, 1.165) is 32.3 Å². The topological polar surface area (TPSA) is 38.3 Å². The number of rotatable bonds is 9. The Morgan fingerprint density at radius 1 is 1.15 bits per heavy atom. The minimum absolute atomic E-state index is 0.0147. The molecular formula is C17H35NO2. The van der Waals surface area contributed by atoms with Crippen molar-refractivity contribution in [3.63, 3.8) is 0 Å². The Morgan fingerprint density at radius 2 is 1.75 bits per heavy atom. The van der Waals surface area contributed by atoms with E-state index in [9.17, 15) is 4.79 Å². The zero-order valence-corrected chi connectivity index (χ0v) is 14.6. The highest BCUT2D eigenvalue weighted by molar-refractivity contribution is 5.79. The molecule has 0 rings (SSSR count). The standard InChI is InChI=1S/C17H35NO2/c1-8-10-11-20-13-18-15(19)14(12-16(3,4)5)17(6,7)9-2/h14H,8-13H2,1-7H3,(H,18,19). The summed E-state index contributed by atoms with van der Waals surface area (Å²) in [5.74, 6) is 0.158. The van der Waals surface area contributed by atoms with Crippen molar-refractivity contribution in [2.45, 2.75) is 74.1 Å². The molecule has 20 heavy (non-hydrogen) atoms. The van der Waals surface area contributed by atoms with Gasteiger partial charge in [-0.1, -0.05) is 61.3 Å². The number of ether oxygens (including phenoxy) is 1. The average molecular weight is 285 g/mol. The zero-order chi connectivity index (χ0) is 15.8. The molecule has 0 fully saturated rings. The molecule has 0 radical (unpaired) electrons. The van der Waals surface area contributed by atoms with E-state index in [0.29, 0.717) is 6.73 Å². The van der Waals surface area contributed by atoms with Crippen molar-refractivity contribution in [2.24, 2.45) is 16.7 Å². The number of carbonyl (C=O) groups excluding carboxylic acids is 1. The van der Waals surface area contributed by atoms with Crippen LogP contribution in [0.4, 0.5) is 0 Å². The molecule has 0 aromatic carbocycles. The van der Waals surface area contributed by atoms with Gasteiger partial charge in [-0.3, -0.25) is 4.79 Å². The first kappa shape index (κ1) is 19.4. The summed E-state index contributed by atoms with van der Waals surface area (Å²) in [6.45, 7) is 16.3. The number of unbranched alkanes of at least 4 members (excludes halogenated alkanes) is 1. The maximum absolute atomic E-state index is 12.5. The van der Waals surface area contributed by atoms with Crippen molar-refractivity contribution < 1.29 is 9.53 Å². The van der Waals surface area contributed by atoms with E-state index in [1.165, 1.54) is 0 Å². The maximum Gasteiger partial charge on any atom is 0.225 e. The van der Waals surface area contributed by atoms with Crippen molar-refractivity contribution in [3.05, 3.63) is 0 Å². The SMILES string of the molecule is CCCCOCNC(=O)C(CC(C)(C)C)C(C)(C)CC. The van der Waals surface area contributed by atoms with E-state index >= 15 is 0 Å². The average Bonchev–Trinajstić information content (AvgIpc) is 2.34. The van der Waals surface area contributed by atoms with Gasteiger partial charge in [-0.15, -0.1) is 0 Å². The summed E-state index contributed by atoms with van der Waals surface area (Å²) >= 11 is 0. The van der Waals surface area contributed by atoms with Crippen molar-refractivity contribution in [2.75, 3.05) is 13.3 Å². The predicted octanol–water partition coefficient (Wildman–Crippen LogP) is 4.37. The lowest BCUT2D eigenvalue weighted by Crippen LogP contribution is -2.41. The number of hydrogen-bond donors (Lipinski definition) is 1. The van der Waals surface area contributed by atoms with Gasteiger partial charge in [-0.2, -0.15) is 0 Å². The van der Waals surface area contributed by atoms with Crippen LogP contribution in [0.2, 0.25) is 0 Å². The molecule has 0 aromatic heterocycles. The molecular weight excluding hydrogens is 250 g/mol. The van der Waals surface area contributed by atoms with Gasteiger partial charge in [0.05, 0.1) is 0 Å². The summed E-state index contributed by atoms with van der Waals surface area (Å²) in [7, 11) is 0. The lowest BCUT2D eigenvalue weighted by Gasteiger charge is -2.36. The van der Waals surface area contributed by atoms with E-state index < -0.39 is 0 Å². The van der Waals surface area contributed by atoms with Gasteiger partial charge < -0.3 is 10.1 Å². The van der Waals surface area contributed by atoms with Gasteiger partial charge in [0, 0.05) is 12.5 Å². The van der Waals surface area contributed by atoms with E-state index in [1.807, 2.05) is 0 Å². The van der Waals surface area contributed by atoms with Crippen LogP contribution in [0, 0.1) is 16.7 Å². The smallest absolute Gasteiger partial charge is 0.225 e. The predicted molar refractivity (Wildman–Crippen MR) is 85.5 cm³/mol. The fraction of sp³-hybridized carbons (Fsp3) is 0.941. The molecule has 0 saturated carbocycles. The highest BCUT2D eigenvalue weighted by atomic mass is 16.5. The Kier molecular flexibility index (Phi) is 8.41. The molecule has 0 saturated heterocycles. The molecule has 3 heteroatoms. The minimum atomic E-state index is 0.0147. The quantitative estimate of drug-likeness (QED) is 0.505. The second-order valence-corrected chi connectivity index (χ2v) is 7.61. The van der Waals surface area contributed by atoms with Crippen LogP contribution in [0.5, 0.6) is 0 Å². The van der Waals surface area contributed by atoms with Crippen molar-refractivity contribution >= 4 is 5.91 Å². The summed E-state index contributed by atoms with van der Waals surface area (Å²) in [4.78, 5) is 12.5. The minimum Gasteiger partial charge on any atom is -0.361 e. The molecule has 1 N–H and O–H groups in total. The molecule has 0 spiro atoms. The monoisotopic (exact) mass is 285 g/mol. The molecule has 1 atom stereocenters. The van der Waals surface area contributed by atoms with Gasteiger partial charge >= 0.3 is 0 Å². The fourth-order valence-electron chi connectivity index (χ4n) is 2.15. The second kappa shape index (κ2) is 8.66. The first-order valence-corrected chi connectivity index (χ1v) is 7.99. The van der Waals surface area contributed by atoms with Crippen LogP contribution in [0.3, 0.4) is 0 Å². The fourth-order valence-corrected chi connectivity index (χ4v) is 2.15. The molecule has 0 aliphatic carbocycles. The van der Waals surface area contributed by atoms with Crippen LogP contribution in [-0.2, 0) is 9.53 Å². The lowest BCUT2D eigenvalue weighted by molar-refractivity contribution is -0.132. The molecule has 120 valence electrons. The van der Waals surface area contributed by atoms with Gasteiger partial charge in [0.25, 0.3) is 0 Å². The largest absolute Gasteiger partial charge is 0.361 e. The van der Waals surface area contributed by atoms with Crippen LogP contribution in [0.1, 0.15) is 74.1 Å². The van der Waals surface area contributed by atoms with Crippen LogP contribution in [0.15, 0.2) is 0 Å². The molecule has 0 heterocycles. The lowest BCUT2D eigenvalue weighted by atomic mass is 9.69. The Balaban J connectivity index is 4.50. The number of nitrogens with one attached hydrogen (secondary N) is 1. The van der Waals surface area contributed by atoms with Crippen molar-refractivity contribution in [1.29, 1.82) is 0 Å². The third kappa shape index (κ3) is 7.88. The Morgan fingerprint density at radius 3 is 2.20 bits per heavy atom. The van der Waals surface area contributed by atoms with Gasteiger partial charge in [0.2, 0.25) is 5.91 Å². The highest BCUT2D eigenvalue weighted by Crippen LogP contribution is 2.38. The summed E-state index contributed by atoms with van der Waals surface area (Å²) in [5, 5.41) is 2.94. The molecule has 0 aromatic rings. The van der Waals surface area contributed by atoms with Crippen molar-refractivity contribution in [3.8, 4) is 0 Å². The summed E-state index contributed by atoms with van der Waals surface area (Å²) < 4.78 is 5.44. The Bertz CT molecular complexity index is 279. The van der Waals surface area contributed by atoms with Gasteiger partial charge in [0.1, 0.15) is 6.73 Å². The third-order valence-corrected chi connectivity index (χ3v) is 3.98. The van der Waals surface area contributed by atoms with Gasteiger partial charge in [-0.05, 0) is 23.7 Å². The van der Waals surface area contributed by atoms with Gasteiger partial charge in [0.15, 0.2) is 0 Å². The molecule has 0 bridgehead atoms. The molecule has 0 aliphatic heterocycles. The van der Waals surface area contributed by atoms with E-state index in [-0.39, 0.29) is 22.7 Å². The zero-order valence-electron chi connectivity index (χ0n) is 14.6. The Hall–Kier alpha value is -0.570. The first-order chi connectivity index (χ1) is 9.14. The summed E-state index contributed by atoms with van der Waals surface area (Å²) in [6.07, 6.45) is 4.05. The van der Waals surface area contributed by atoms with Crippen LogP contribution in [-0.4, -0.2) is 19.2 Å². The van der Waals surface area contributed by atoms with Crippen LogP contribution in [0.25, 0.3) is 0 Å². The van der Waals surface area contributed by atoms with Crippen molar-refractivity contribution in [1.82, 2.24) is 5.32 Å². The number of hydrogen-bond acceptors (Lipinski definition) is 2. The molecule has 1 amide bonds. The number of amides is 1.